The Bertz CT molecular complexity index is 532. The van der Waals surface area contributed by atoms with E-state index >= 15 is 0 Å². The molecule has 1 aromatic rings. The van der Waals surface area contributed by atoms with Crippen LogP contribution in [-0.4, -0.2) is 23.0 Å². The monoisotopic (exact) mass is 279 g/mol. The van der Waals surface area contributed by atoms with E-state index in [1.807, 2.05) is 0 Å². The zero-order valence-corrected chi connectivity index (χ0v) is 11.7. The van der Waals surface area contributed by atoms with Crippen molar-refractivity contribution in [3.63, 3.8) is 0 Å². The van der Waals surface area contributed by atoms with Gasteiger partial charge in [-0.05, 0) is 17.6 Å². The molecule has 1 aromatic carbocycles. The van der Waals surface area contributed by atoms with Crippen LogP contribution in [0.5, 0.6) is 0 Å². The second-order valence-electron chi connectivity index (χ2n) is 5.50. The fourth-order valence-electron chi connectivity index (χ4n) is 1.61. The van der Waals surface area contributed by atoms with Gasteiger partial charge in [0.25, 0.3) is 0 Å². The molecule has 0 unspecified atom stereocenters. The van der Waals surface area contributed by atoms with Crippen LogP contribution in [0.4, 0.5) is 4.39 Å². The molecule has 108 valence electrons. The third-order valence-corrected chi connectivity index (χ3v) is 2.72. The first-order valence-electron chi connectivity index (χ1n) is 6.17. The maximum atomic E-state index is 13.3. The summed E-state index contributed by atoms with van der Waals surface area (Å²) in [6.07, 6.45) is 2.44. The molecule has 0 spiro atoms. The summed E-state index contributed by atoms with van der Waals surface area (Å²) in [5.74, 6) is -2.12. The molecule has 1 rings (SSSR count). The Morgan fingerprint density at radius 1 is 1.30 bits per heavy atom. The Kier molecular flexibility index (Phi) is 5.02. The summed E-state index contributed by atoms with van der Waals surface area (Å²) >= 11 is 0. The first-order valence-corrected chi connectivity index (χ1v) is 6.17. The second-order valence-corrected chi connectivity index (χ2v) is 5.50. The number of rotatable bonds is 4. The molecular formula is C15H18FNO3. The maximum absolute atomic E-state index is 13.3. The Morgan fingerprint density at radius 3 is 2.40 bits per heavy atom. The molecule has 4 nitrogen and oxygen atoms in total. The Morgan fingerprint density at radius 2 is 1.90 bits per heavy atom. The number of carboxylic acid groups (broad SMARTS) is 1. The zero-order valence-electron chi connectivity index (χ0n) is 11.7. The summed E-state index contributed by atoms with van der Waals surface area (Å²) in [6, 6.07) is 4.99. The number of nitrogens with one attached hydrogen (secondary N) is 1. The Hall–Kier alpha value is -2.17. The van der Waals surface area contributed by atoms with Gasteiger partial charge < -0.3 is 10.4 Å². The van der Waals surface area contributed by atoms with Crippen molar-refractivity contribution >= 4 is 18.0 Å². The molecule has 0 bridgehead atoms. The highest BCUT2D eigenvalue weighted by Crippen LogP contribution is 2.19. The van der Waals surface area contributed by atoms with Gasteiger partial charge in [0.1, 0.15) is 11.9 Å². The molecule has 20 heavy (non-hydrogen) atoms. The summed E-state index contributed by atoms with van der Waals surface area (Å²) in [5, 5.41) is 11.5. The highest BCUT2D eigenvalue weighted by molar-refractivity contribution is 5.94. The van der Waals surface area contributed by atoms with Crippen molar-refractivity contribution in [1.82, 2.24) is 5.32 Å². The lowest BCUT2D eigenvalue weighted by Crippen LogP contribution is -2.48. The predicted octanol–water partition coefficient (Wildman–Crippen LogP) is 2.45. The van der Waals surface area contributed by atoms with Gasteiger partial charge in [-0.25, -0.2) is 9.18 Å². The molecule has 0 aliphatic carbocycles. The van der Waals surface area contributed by atoms with Crippen molar-refractivity contribution in [2.45, 2.75) is 26.8 Å². The van der Waals surface area contributed by atoms with E-state index < -0.39 is 29.2 Å². The van der Waals surface area contributed by atoms with Crippen molar-refractivity contribution in [3.05, 3.63) is 41.7 Å². The molecule has 1 atom stereocenters. The summed E-state index contributed by atoms with van der Waals surface area (Å²) in [5.41, 5.74) is -0.349. The third kappa shape index (κ3) is 4.50. The van der Waals surface area contributed by atoms with Crippen molar-refractivity contribution in [2.75, 3.05) is 0 Å². The Balaban J connectivity index is 2.77. The SMILES string of the molecule is CC(C)(C)[C@@H](NC(=O)/C=C/c1ccccc1F)C(=O)O. The predicted molar refractivity (Wildman–Crippen MR) is 74.5 cm³/mol. The molecule has 0 aliphatic rings. The van der Waals surface area contributed by atoms with Crippen molar-refractivity contribution in [1.29, 1.82) is 0 Å². The van der Waals surface area contributed by atoms with E-state index in [1.165, 1.54) is 18.2 Å². The van der Waals surface area contributed by atoms with Gasteiger partial charge in [-0.3, -0.25) is 4.79 Å². The average molecular weight is 279 g/mol. The zero-order chi connectivity index (χ0) is 15.3. The number of carboxylic acids is 1. The average Bonchev–Trinajstić information content (AvgIpc) is 2.33. The van der Waals surface area contributed by atoms with Gasteiger partial charge in [0.05, 0.1) is 0 Å². The van der Waals surface area contributed by atoms with Crippen LogP contribution in [-0.2, 0) is 9.59 Å². The number of carbonyl (C=O) groups is 2. The topological polar surface area (TPSA) is 66.4 Å². The van der Waals surface area contributed by atoms with Gasteiger partial charge in [0, 0.05) is 11.6 Å². The van der Waals surface area contributed by atoms with E-state index in [0.29, 0.717) is 0 Å². The molecule has 0 saturated heterocycles. The summed E-state index contributed by atoms with van der Waals surface area (Å²) in [6.45, 7) is 5.14. The van der Waals surface area contributed by atoms with Crippen molar-refractivity contribution < 1.29 is 19.1 Å². The molecule has 0 saturated carbocycles. The van der Waals surface area contributed by atoms with E-state index in [2.05, 4.69) is 5.32 Å². The normalized spacial score (nSPS) is 13.2. The number of benzene rings is 1. The number of aliphatic carboxylic acids is 1. The lowest BCUT2D eigenvalue weighted by atomic mass is 9.87. The fourth-order valence-corrected chi connectivity index (χ4v) is 1.61. The lowest BCUT2D eigenvalue weighted by molar-refractivity contribution is -0.144. The molecule has 0 radical (unpaired) electrons. The minimum absolute atomic E-state index is 0.269. The van der Waals surface area contributed by atoms with Crippen molar-refractivity contribution in [3.8, 4) is 0 Å². The number of hydrogen-bond donors (Lipinski definition) is 2. The van der Waals surface area contributed by atoms with Crippen LogP contribution >= 0.6 is 0 Å². The Labute approximate surface area is 117 Å². The smallest absolute Gasteiger partial charge is 0.326 e. The molecule has 0 aliphatic heterocycles. The largest absolute Gasteiger partial charge is 0.480 e. The van der Waals surface area contributed by atoms with E-state index in [0.717, 1.165) is 6.08 Å². The second kappa shape index (κ2) is 6.32. The van der Waals surface area contributed by atoms with Crippen molar-refractivity contribution in [2.24, 2.45) is 5.41 Å². The summed E-state index contributed by atoms with van der Waals surface area (Å²) in [4.78, 5) is 22.8. The molecular weight excluding hydrogens is 261 g/mol. The van der Waals surface area contributed by atoms with Crippen LogP contribution in [0.15, 0.2) is 30.3 Å². The van der Waals surface area contributed by atoms with Crippen LogP contribution in [0.2, 0.25) is 0 Å². The lowest BCUT2D eigenvalue weighted by Gasteiger charge is -2.27. The molecule has 5 heteroatoms. The van der Waals surface area contributed by atoms with Gasteiger partial charge in [0.2, 0.25) is 5.91 Å². The third-order valence-electron chi connectivity index (χ3n) is 2.72. The van der Waals surface area contributed by atoms with Gasteiger partial charge >= 0.3 is 5.97 Å². The standard InChI is InChI=1S/C15H18FNO3/c1-15(2,3)13(14(19)20)17-12(18)9-8-10-6-4-5-7-11(10)16/h4-9,13H,1-3H3,(H,17,18)(H,19,20)/b9-8+/t13-/m0/s1. The van der Waals surface area contributed by atoms with E-state index in [4.69, 9.17) is 5.11 Å². The highest BCUT2D eigenvalue weighted by Gasteiger charge is 2.31. The van der Waals surface area contributed by atoms with Gasteiger partial charge in [0.15, 0.2) is 0 Å². The van der Waals surface area contributed by atoms with E-state index in [9.17, 15) is 14.0 Å². The van der Waals surface area contributed by atoms with Crippen LogP contribution in [0.25, 0.3) is 6.08 Å². The van der Waals surface area contributed by atoms with Gasteiger partial charge in [-0.1, -0.05) is 39.0 Å². The number of hydrogen-bond acceptors (Lipinski definition) is 2. The van der Waals surface area contributed by atoms with E-state index in [1.54, 1.807) is 32.9 Å². The number of halogens is 1. The first-order chi connectivity index (χ1) is 9.21. The summed E-state index contributed by atoms with van der Waals surface area (Å²) < 4.78 is 13.3. The van der Waals surface area contributed by atoms with Crippen LogP contribution in [0.1, 0.15) is 26.3 Å². The number of amides is 1. The van der Waals surface area contributed by atoms with Crippen LogP contribution in [0.3, 0.4) is 0 Å². The first kappa shape index (κ1) is 15.9. The molecule has 1 amide bonds. The van der Waals surface area contributed by atoms with Gasteiger partial charge in [-0.15, -0.1) is 0 Å². The molecule has 2 N–H and O–H groups in total. The quantitative estimate of drug-likeness (QED) is 0.832. The minimum atomic E-state index is -1.11. The van der Waals surface area contributed by atoms with Gasteiger partial charge in [-0.2, -0.15) is 0 Å². The molecule has 0 fully saturated rings. The van der Waals surface area contributed by atoms with Crippen LogP contribution in [0, 0.1) is 11.2 Å². The molecule has 0 heterocycles. The summed E-state index contributed by atoms with van der Waals surface area (Å²) in [7, 11) is 0. The highest BCUT2D eigenvalue weighted by atomic mass is 19.1. The van der Waals surface area contributed by atoms with Crippen LogP contribution < -0.4 is 5.32 Å². The fraction of sp³-hybridized carbons (Fsp3) is 0.333. The molecule has 0 aromatic heterocycles. The minimum Gasteiger partial charge on any atom is -0.480 e. The maximum Gasteiger partial charge on any atom is 0.326 e. The number of carbonyl (C=O) groups excluding carboxylic acids is 1. The van der Waals surface area contributed by atoms with E-state index in [-0.39, 0.29) is 5.56 Å².